The summed E-state index contributed by atoms with van der Waals surface area (Å²) in [7, 11) is 0. The molecular formula is C12H19N3O3. The number of nitrogens with zero attached hydrogens (tertiary/aromatic N) is 3. The molecule has 0 saturated carbocycles. The summed E-state index contributed by atoms with van der Waals surface area (Å²) >= 11 is 0. The number of rotatable bonds is 5. The van der Waals surface area contributed by atoms with Crippen molar-refractivity contribution in [1.82, 2.24) is 9.80 Å². The van der Waals surface area contributed by atoms with Crippen molar-refractivity contribution < 1.29 is 14.3 Å². The molecular weight excluding hydrogens is 234 g/mol. The van der Waals surface area contributed by atoms with Crippen LogP contribution in [0.25, 0.3) is 0 Å². The monoisotopic (exact) mass is 253 g/mol. The second-order valence-corrected chi connectivity index (χ2v) is 4.11. The SMILES string of the molecule is CCOC(=O)CC(=O)N1CCN(CCC#N)CC1. The average Bonchev–Trinajstić information content (AvgIpc) is 2.37. The number of hydrogen-bond donors (Lipinski definition) is 0. The van der Waals surface area contributed by atoms with Gasteiger partial charge < -0.3 is 9.64 Å². The minimum Gasteiger partial charge on any atom is -0.466 e. The minimum absolute atomic E-state index is 0.173. The van der Waals surface area contributed by atoms with Gasteiger partial charge in [-0.05, 0) is 6.92 Å². The summed E-state index contributed by atoms with van der Waals surface area (Å²) in [6, 6.07) is 2.11. The van der Waals surface area contributed by atoms with Crippen LogP contribution in [-0.4, -0.2) is 61.0 Å². The Balaban J connectivity index is 2.27. The van der Waals surface area contributed by atoms with E-state index in [0.717, 1.165) is 19.6 Å². The van der Waals surface area contributed by atoms with E-state index in [0.29, 0.717) is 26.1 Å². The van der Waals surface area contributed by atoms with Crippen LogP contribution in [0.5, 0.6) is 0 Å². The van der Waals surface area contributed by atoms with Gasteiger partial charge in [0.1, 0.15) is 6.42 Å². The average molecular weight is 253 g/mol. The highest BCUT2D eigenvalue weighted by Crippen LogP contribution is 2.05. The number of esters is 1. The van der Waals surface area contributed by atoms with Crippen LogP contribution in [0, 0.1) is 11.3 Å². The summed E-state index contributed by atoms with van der Waals surface area (Å²) in [5, 5.41) is 8.49. The van der Waals surface area contributed by atoms with Crippen molar-refractivity contribution in [2.75, 3.05) is 39.3 Å². The van der Waals surface area contributed by atoms with E-state index in [2.05, 4.69) is 11.0 Å². The molecule has 6 nitrogen and oxygen atoms in total. The lowest BCUT2D eigenvalue weighted by molar-refractivity contribution is -0.149. The molecule has 0 bridgehead atoms. The fraction of sp³-hybridized carbons (Fsp3) is 0.750. The minimum atomic E-state index is -0.464. The van der Waals surface area contributed by atoms with Crippen LogP contribution >= 0.6 is 0 Å². The summed E-state index contributed by atoms with van der Waals surface area (Å²) in [4.78, 5) is 26.8. The molecule has 1 amide bonds. The molecule has 1 saturated heterocycles. The van der Waals surface area contributed by atoms with Crippen LogP contribution in [0.4, 0.5) is 0 Å². The maximum absolute atomic E-state index is 11.8. The lowest BCUT2D eigenvalue weighted by Gasteiger charge is -2.34. The Bertz CT molecular complexity index is 330. The Hall–Kier alpha value is -1.61. The van der Waals surface area contributed by atoms with Gasteiger partial charge in [0.15, 0.2) is 0 Å². The molecule has 100 valence electrons. The highest BCUT2D eigenvalue weighted by molar-refractivity contribution is 5.94. The maximum atomic E-state index is 11.8. The van der Waals surface area contributed by atoms with Crippen molar-refractivity contribution in [3.05, 3.63) is 0 Å². The van der Waals surface area contributed by atoms with Gasteiger partial charge in [-0.1, -0.05) is 0 Å². The molecule has 0 unspecified atom stereocenters. The number of carbonyl (C=O) groups excluding carboxylic acids is 2. The first-order valence-corrected chi connectivity index (χ1v) is 6.20. The van der Waals surface area contributed by atoms with Gasteiger partial charge in [0, 0.05) is 39.1 Å². The first kappa shape index (κ1) is 14.5. The molecule has 0 atom stereocenters. The summed E-state index contributed by atoms with van der Waals surface area (Å²) in [5.74, 6) is -0.636. The number of piperazine rings is 1. The van der Waals surface area contributed by atoms with Gasteiger partial charge >= 0.3 is 5.97 Å². The highest BCUT2D eigenvalue weighted by atomic mass is 16.5. The third-order valence-corrected chi connectivity index (χ3v) is 2.87. The molecule has 18 heavy (non-hydrogen) atoms. The van der Waals surface area contributed by atoms with Crippen LogP contribution in [0.2, 0.25) is 0 Å². The second-order valence-electron chi connectivity index (χ2n) is 4.11. The lowest BCUT2D eigenvalue weighted by atomic mass is 10.2. The summed E-state index contributed by atoms with van der Waals surface area (Å²) in [5.41, 5.74) is 0. The van der Waals surface area contributed by atoms with E-state index in [9.17, 15) is 9.59 Å². The summed E-state index contributed by atoms with van der Waals surface area (Å²) < 4.78 is 4.74. The van der Waals surface area contributed by atoms with E-state index >= 15 is 0 Å². The molecule has 1 rings (SSSR count). The van der Waals surface area contributed by atoms with Gasteiger partial charge in [-0.2, -0.15) is 5.26 Å². The van der Waals surface area contributed by atoms with Crippen molar-refractivity contribution in [2.45, 2.75) is 19.8 Å². The molecule has 0 aromatic carbocycles. The molecule has 0 aromatic heterocycles. The first-order valence-electron chi connectivity index (χ1n) is 6.20. The van der Waals surface area contributed by atoms with Crippen molar-refractivity contribution >= 4 is 11.9 Å². The molecule has 0 aromatic rings. The van der Waals surface area contributed by atoms with Crippen LogP contribution < -0.4 is 0 Å². The molecule has 1 aliphatic heterocycles. The first-order chi connectivity index (χ1) is 8.67. The summed E-state index contributed by atoms with van der Waals surface area (Å²) in [6.45, 7) is 5.51. The molecule has 0 N–H and O–H groups in total. The molecule has 1 fully saturated rings. The Morgan fingerprint density at radius 3 is 2.50 bits per heavy atom. The Kier molecular flexibility index (Phi) is 6.15. The van der Waals surface area contributed by atoms with Crippen molar-refractivity contribution in [3.8, 4) is 6.07 Å². The largest absolute Gasteiger partial charge is 0.466 e. The number of nitriles is 1. The topological polar surface area (TPSA) is 73.6 Å². The van der Waals surface area contributed by atoms with Gasteiger partial charge in [-0.15, -0.1) is 0 Å². The molecule has 1 aliphatic rings. The Labute approximate surface area is 107 Å². The number of ether oxygens (including phenoxy) is 1. The molecule has 0 radical (unpaired) electrons. The zero-order valence-electron chi connectivity index (χ0n) is 10.7. The number of carbonyl (C=O) groups is 2. The van der Waals surface area contributed by atoms with Gasteiger partial charge in [-0.25, -0.2) is 0 Å². The van der Waals surface area contributed by atoms with E-state index < -0.39 is 5.97 Å². The highest BCUT2D eigenvalue weighted by Gasteiger charge is 2.22. The molecule has 0 spiro atoms. The van der Waals surface area contributed by atoms with E-state index in [4.69, 9.17) is 10.00 Å². The fourth-order valence-corrected chi connectivity index (χ4v) is 1.88. The smallest absolute Gasteiger partial charge is 0.315 e. The third-order valence-electron chi connectivity index (χ3n) is 2.87. The predicted octanol–water partition coefficient (Wildman–Crippen LogP) is -0.00252. The van der Waals surface area contributed by atoms with E-state index in [1.54, 1.807) is 11.8 Å². The second kappa shape index (κ2) is 7.67. The van der Waals surface area contributed by atoms with Crippen molar-refractivity contribution in [3.63, 3.8) is 0 Å². The van der Waals surface area contributed by atoms with Crippen LogP contribution in [0.1, 0.15) is 19.8 Å². The van der Waals surface area contributed by atoms with Crippen LogP contribution in [-0.2, 0) is 14.3 Å². The van der Waals surface area contributed by atoms with E-state index in [-0.39, 0.29) is 12.3 Å². The van der Waals surface area contributed by atoms with Gasteiger partial charge in [-0.3, -0.25) is 14.5 Å². The third kappa shape index (κ3) is 4.72. The molecule has 0 aliphatic carbocycles. The summed E-state index contributed by atoms with van der Waals surface area (Å²) in [6.07, 6.45) is 0.336. The van der Waals surface area contributed by atoms with Crippen molar-refractivity contribution in [2.24, 2.45) is 0 Å². The zero-order chi connectivity index (χ0) is 13.4. The Morgan fingerprint density at radius 1 is 1.28 bits per heavy atom. The normalized spacial score (nSPS) is 16.1. The predicted molar refractivity (Wildman–Crippen MR) is 64.5 cm³/mol. The van der Waals surface area contributed by atoms with Crippen LogP contribution in [0.15, 0.2) is 0 Å². The van der Waals surface area contributed by atoms with Gasteiger partial charge in [0.2, 0.25) is 5.91 Å². The maximum Gasteiger partial charge on any atom is 0.315 e. The van der Waals surface area contributed by atoms with Gasteiger partial charge in [0.25, 0.3) is 0 Å². The fourth-order valence-electron chi connectivity index (χ4n) is 1.88. The Morgan fingerprint density at radius 2 is 1.94 bits per heavy atom. The van der Waals surface area contributed by atoms with Crippen LogP contribution in [0.3, 0.4) is 0 Å². The molecule has 6 heteroatoms. The van der Waals surface area contributed by atoms with Gasteiger partial charge in [0.05, 0.1) is 12.7 Å². The number of amides is 1. The standard InChI is InChI=1S/C12H19N3O3/c1-2-18-12(17)10-11(16)15-8-6-14(7-9-15)5-3-4-13/h2-3,5-10H2,1H3. The number of hydrogen-bond acceptors (Lipinski definition) is 5. The van der Waals surface area contributed by atoms with E-state index in [1.165, 1.54) is 0 Å². The van der Waals surface area contributed by atoms with Crippen molar-refractivity contribution in [1.29, 1.82) is 5.26 Å². The molecule has 1 heterocycles. The van der Waals surface area contributed by atoms with E-state index in [1.807, 2.05) is 0 Å². The quantitative estimate of drug-likeness (QED) is 0.509. The zero-order valence-corrected chi connectivity index (χ0v) is 10.7. The lowest BCUT2D eigenvalue weighted by Crippen LogP contribution is -2.49.